The Labute approximate surface area is 176 Å². The van der Waals surface area contributed by atoms with E-state index in [4.69, 9.17) is 0 Å². The van der Waals surface area contributed by atoms with Gasteiger partial charge >= 0.3 is 6.18 Å². The van der Waals surface area contributed by atoms with Crippen LogP contribution in [0.2, 0.25) is 0 Å². The standard InChI is InChI=1S/C23H29F3N4/c1-18-5-2-7-20(27-18)16-28-10-4-9-22(17-28)30-13-11-29(12-14-30)21-8-3-6-19(15-21)23(24,25)26/h2-3,5-8,15,22H,4,9-14,16-17H2,1H3/t22-/m0/s1. The molecule has 1 atom stereocenters. The first-order valence-corrected chi connectivity index (χ1v) is 10.7. The summed E-state index contributed by atoms with van der Waals surface area (Å²) in [4.78, 5) is 11.7. The SMILES string of the molecule is Cc1cccc(CN2CCC[C@H](N3CCN(c4cccc(C(F)(F)F)c4)CC3)C2)n1. The summed E-state index contributed by atoms with van der Waals surface area (Å²) >= 11 is 0. The average Bonchev–Trinajstić information content (AvgIpc) is 2.74. The van der Waals surface area contributed by atoms with Crippen molar-refractivity contribution >= 4 is 5.69 Å². The fourth-order valence-electron chi connectivity index (χ4n) is 4.61. The molecule has 1 aromatic carbocycles. The monoisotopic (exact) mass is 418 g/mol. The number of aryl methyl sites for hydroxylation is 1. The average molecular weight is 419 g/mol. The molecule has 0 unspecified atom stereocenters. The molecule has 1 aromatic heterocycles. The van der Waals surface area contributed by atoms with Crippen molar-refractivity contribution in [2.24, 2.45) is 0 Å². The molecular formula is C23H29F3N4. The molecule has 0 spiro atoms. The first-order valence-electron chi connectivity index (χ1n) is 10.7. The molecule has 3 heterocycles. The summed E-state index contributed by atoms with van der Waals surface area (Å²) in [6.45, 7) is 8.31. The first-order chi connectivity index (χ1) is 14.4. The van der Waals surface area contributed by atoms with E-state index in [9.17, 15) is 13.2 Å². The van der Waals surface area contributed by atoms with Gasteiger partial charge in [0.15, 0.2) is 0 Å². The molecule has 2 saturated heterocycles. The van der Waals surface area contributed by atoms with Gasteiger partial charge in [0.1, 0.15) is 0 Å². The molecule has 2 aromatic rings. The number of anilines is 1. The third kappa shape index (κ3) is 5.13. The van der Waals surface area contributed by atoms with Gasteiger partial charge in [-0.3, -0.25) is 14.8 Å². The summed E-state index contributed by atoms with van der Waals surface area (Å²) < 4.78 is 39.1. The number of halogens is 3. The molecule has 0 N–H and O–H groups in total. The first kappa shape index (κ1) is 21.1. The van der Waals surface area contributed by atoms with E-state index in [0.717, 1.165) is 63.3 Å². The van der Waals surface area contributed by atoms with E-state index in [1.807, 2.05) is 13.0 Å². The summed E-state index contributed by atoms with van der Waals surface area (Å²) in [5, 5.41) is 0. The molecule has 0 amide bonds. The van der Waals surface area contributed by atoms with E-state index in [0.29, 0.717) is 11.7 Å². The molecule has 2 aliphatic rings. The molecule has 7 heteroatoms. The number of likely N-dealkylation sites (tertiary alicyclic amines) is 1. The van der Waals surface area contributed by atoms with Crippen LogP contribution in [0.4, 0.5) is 18.9 Å². The molecule has 2 fully saturated rings. The molecular weight excluding hydrogens is 389 g/mol. The lowest BCUT2D eigenvalue weighted by atomic mass is 10.0. The molecule has 30 heavy (non-hydrogen) atoms. The maximum absolute atomic E-state index is 13.0. The Morgan fingerprint density at radius 3 is 2.50 bits per heavy atom. The van der Waals surface area contributed by atoms with Gasteiger partial charge < -0.3 is 4.90 Å². The topological polar surface area (TPSA) is 22.6 Å². The van der Waals surface area contributed by atoms with Gasteiger partial charge in [-0.25, -0.2) is 0 Å². The quantitative estimate of drug-likeness (QED) is 0.742. The Balaban J connectivity index is 1.33. The largest absolute Gasteiger partial charge is 0.416 e. The number of benzene rings is 1. The molecule has 4 nitrogen and oxygen atoms in total. The Hall–Kier alpha value is -2.12. The van der Waals surface area contributed by atoms with Crippen molar-refractivity contribution < 1.29 is 13.2 Å². The van der Waals surface area contributed by atoms with Crippen molar-refractivity contribution in [3.63, 3.8) is 0 Å². The van der Waals surface area contributed by atoms with Gasteiger partial charge in [-0.15, -0.1) is 0 Å². The number of aromatic nitrogens is 1. The van der Waals surface area contributed by atoms with Crippen LogP contribution >= 0.6 is 0 Å². The van der Waals surface area contributed by atoms with Crippen molar-refractivity contribution in [1.29, 1.82) is 0 Å². The van der Waals surface area contributed by atoms with Crippen molar-refractivity contribution in [2.75, 3.05) is 44.2 Å². The summed E-state index contributed by atoms with van der Waals surface area (Å²) in [5.74, 6) is 0. The molecule has 0 aliphatic carbocycles. The van der Waals surface area contributed by atoms with Crippen molar-refractivity contribution in [2.45, 2.75) is 38.5 Å². The number of rotatable bonds is 4. The minimum absolute atomic E-state index is 0.507. The lowest BCUT2D eigenvalue weighted by molar-refractivity contribution is -0.137. The number of hydrogen-bond acceptors (Lipinski definition) is 4. The van der Waals surface area contributed by atoms with Gasteiger partial charge in [0.25, 0.3) is 0 Å². The van der Waals surface area contributed by atoms with Crippen LogP contribution in [0.5, 0.6) is 0 Å². The Kier molecular flexibility index (Phi) is 6.29. The summed E-state index contributed by atoms with van der Waals surface area (Å²) in [5.41, 5.74) is 2.26. The van der Waals surface area contributed by atoms with Gasteiger partial charge in [-0.1, -0.05) is 12.1 Å². The predicted octanol–water partition coefficient (Wildman–Crippen LogP) is 4.20. The minimum atomic E-state index is -4.30. The molecule has 162 valence electrons. The van der Waals surface area contributed by atoms with E-state index < -0.39 is 11.7 Å². The van der Waals surface area contributed by atoms with Gasteiger partial charge in [0.05, 0.1) is 11.3 Å². The fourth-order valence-corrected chi connectivity index (χ4v) is 4.61. The van der Waals surface area contributed by atoms with Crippen molar-refractivity contribution in [3.05, 3.63) is 59.4 Å². The Morgan fingerprint density at radius 1 is 1.00 bits per heavy atom. The Bertz CT molecular complexity index is 846. The summed E-state index contributed by atoms with van der Waals surface area (Å²) in [7, 11) is 0. The predicted molar refractivity (Wildman–Crippen MR) is 113 cm³/mol. The molecule has 2 aliphatic heterocycles. The van der Waals surface area contributed by atoms with E-state index in [2.05, 4.69) is 31.8 Å². The molecule has 0 saturated carbocycles. The maximum atomic E-state index is 13.0. The second kappa shape index (κ2) is 8.94. The van der Waals surface area contributed by atoms with Gasteiger partial charge in [0.2, 0.25) is 0 Å². The number of piperazine rings is 1. The normalized spacial score (nSPS) is 21.7. The maximum Gasteiger partial charge on any atom is 0.416 e. The molecule has 4 rings (SSSR count). The van der Waals surface area contributed by atoms with Crippen LogP contribution in [0.3, 0.4) is 0 Å². The van der Waals surface area contributed by atoms with Gasteiger partial charge in [-0.2, -0.15) is 13.2 Å². The van der Waals surface area contributed by atoms with Crippen LogP contribution in [-0.4, -0.2) is 60.1 Å². The van der Waals surface area contributed by atoms with Gasteiger partial charge in [0, 0.05) is 56.7 Å². The highest BCUT2D eigenvalue weighted by Gasteiger charge is 2.32. The Morgan fingerprint density at radius 2 is 1.77 bits per heavy atom. The van der Waals surface area contributed by atoms with Crippen LogP contribution < -0.4 is 4.90 Å². The number of piperidine rings is 1. The third-order valence-corrected chi connectivity index (χ3v) is 6.18. The van der Waals surface area contributed by atoms with E-state index in [1.165, 1.54) is 25.0 Å². The van der Waals surface area contributed by atoms with E-state index >= 15 is 0 Å². The van der Waals surface area contributed by atoms with Crippen LogP contribution in [0.1, 0.15) is 29.8 Å². The third-order valence-electron chi connectivity index (χ3n) is 6.18. The number of hydrogen-bond donors (Lipinski definition) is 0. The van der Waals surface area contributed by atoms with Crippen LogP contribution in [0, 0.1) is 6.92 Å². The van der Waals surface area contributed by atoms with Crippen LogP contribution in [0.25, 0.3) is 0 Å². The number of pyridine rings is 1. The number of nitrogens with zero attached hydrogens (tertiary/aromatic N) is 4. The summed E-state index contributed by atoms with van der Waals surface area (Å²) in [6.07, 6.45) is -1.94. The smallest absolute Gasteiger partial charge is 0.369 e. The zero-order valence-electron chi connectivity index (χ0n) is 17.4. The zero-order valence-corrected chi connectivity index (χ0v) is 17.4. The lowest BCUT2D eigenvalue weighted by Gasteiger charge is -2.44. The number of alkyl halides is 3. The van der Waals surface area contributed by atoms with Crippen molar-refractivity contribution in [1.82, 2.24) is 14.8 Å². The minimum Gasteiger partial charge on any atom is -0.369 e. The van der Waals surface area contributed by atoms with E-state index in [1.54, 1.807) is 6.07 Å². The zero-order chi connectivity index (χ0) is 21.1. The lowest BCUT2D eigenvalue weighted by Crippen LogP contribution is -2.55. The van der Waals surface area contributed by atoms with Crippen LogP contribution in [-0.2, 0) is 12.7 Å². The highest BCUT2D eigenvalue weighted by atomic mass is 19.4. The molecule has 0 bridgehead atoms. The second-order valence-electron chi connectivity index (χ2n) is 8.37. The van der Waals surface area contributed by atoms with E-state index in [-0.39, 0.29) is 0 Å². The fraction of sp³-hybridized carbons (Fsp3) is 0.522. The highest BCUT2D eigenvalue weighted by Crippen LogP contribution is 2.32. The highest BCUT2D eigenvalue weighted by molar-refractivity contribution is 5.49. The van der Waals surface area contributed by atoms with Gasteiger partial charge in [-0.05, 0) is 56.6 Å². The van der Waals surface area contributed by atoms with Crippen LogP contribution in [0.15, 0.2) is 42.5 Å². The summed E-state index contributed by atoms with van der Waals surface area (Å²) in [6, 6.07) is 12.4. The second-order valence-corrected chi connectivity index (χ2v) is 8.37. The van der Waals surface area contributed by atoms with Crippen molar-refractivity contribution in [3.8, 4) is 0 Å². The molecule has 0 radical (unpaired) electrons.